The summed E-state index contributed by atoms with van der Waals surface area (Å²) in [7, 11) is 3.44. The van der Waals surface area contributed by atoms with E-state index in [1.54, 1.807) is 7.11 Å². The van der Waals surface area contributed by atoms with Gasteiger partial charge >= 0.3 is 6.18 Å². The predicted octanol–water partition coefficient (Wildman–Crippen LogP) is 1.35. The molecule has 1 saturated heterocycles. The first-order chi connectivity index (χ1) is 11.3. The summed E-state index contributed by atoms with van der Waals surface area (Å²) in [6, 6.07) is 1.92. The molecule has 1 aromatic rings. The number of methoxy groups -OCH3 is 1. The SMILES string of the molecule is CO[C@H]1C[C@@H](C(=O)NCCNc2ncccc2C(F)(F)F)N(C)C1. The molecule has 0 saturated carbocycles. The summed E-state index contributed by atoms with van der Waals surface area (Å²) in [6.07, 6.45) is -2.56. The Kier molecular flexibility index (Phi) is 6.00. The molecular formula is C15H21F3N4O2. The van der Waals surface area contributed by atoms with Crippen LogP contribution in [0, 0.1) is 0 Å². The second kappa shape index (κ2) is 7.80. The number of likely N-dealkylation sites (N-methyl/N-ethyl adjacent to an activating group) is 1. The molecule has 2 atom stereocenters. The minimum absolute atomic E-state index is 0.0201. The van der Waals surface area contributed by atoms with Gasteiger partial charge in [0.25, 0.3) is 0 Å². The lowest BCUT2D eigenvalue weighted by atomic mass is 10.2. The highest BCUT2D eigenvalue weighted by Gasteiger charge is 2.35. The summed E-state index contributed by atoms with van der Waals surface area (Å²) in [6.45, 7) is 1.03. The fraction of sp³-hybridized carbons (Fsp3) is 0.600. The maximum absolute atomic E-state index is 12.8. The Bertz CT molecular complexity index is 568. The third kappa shape index (κ3) is 4.57. The van der Waals surface area contributed by atoms with Gasteiger partial charge in [-0.1, -0.05) is 0 Å². The van der Waals surface area contributed by atoms with Crippen LogP contribution in [0.15, 0.2) is 18.3 Å². The number of halogens is 3. The molecule has 2 rings (SSSR count). The van der Waals surface area contributed by atoms with E-state index in [4.69, 9.17) is 4.74 Å². The molecule has 0 aliphatic carbocycles. The molecule has 0 aromatic carbocycles. The molecule has 24 heavy (non-hydrogen) atoms. The minimum atomic E-state index is -4.47. The zero-order chi connectivity index (χ0) is 17.7. The Labute approximate surface area is 138 Å². The van der Waals surface area contributed by atoms with E-state index in [1.807, 2.05) is 11.9 Å². The molecule has 1 aliphatic heterocycles. The van der Waals surface area contributed by atoms with Crippen LogP contribution in [0.4, 0.5) is 19.0 Å². The highest BCUT2D eigenvalue weighted by molar-refractivity contribution is 5.82. The van der Waals surface area contributed by atoms with Crippen molar-refractivity contribution >= 4 is 11.7 Å². The largest absolute Gasteiger partial charge is 0.419 e. The van der Waals surface area contributed by atoms with Crippen LogP contribution in [0.2, 0.25) is 0 Å². The Morgan fingerprint density at radius 2 is 2.21 bits per heavy atom. The van der Waals surface area contributed by atoms with E-state index in [-0.39, 0.29) is 37.0 Å². The van der Waals surface area contributed by atoms with E-state index in [9.17, 15) is 18.0 Å². The van der Waals surface area contributed by atoms with Gasteiger partial charge in [-0.25, -0.2) is 4.98 Å². The number of nitrogens with zero attached hydrogens (tertiary/aromatic N) is 2. The zero-order valence-corrected chi connectivity index (χ0v) is 13.6. The molecule has 0 unspecified atom stereocenters. The lowest BCUT2D eigenvalue weighted by molar-refractivity contribution is -0.137. The summed E-state index contributed by atoms with van der Waals surface area (Å²) in [5.41, 5.74) is -0.824. The van der Waals surface area contributed by atoms with Crippen molar-refractivity contribution in [1.82, 2.24) is 15.2 Å². The number of aromatic nitrogens is 1. The number of amides is 1. The van der Waals surface area contributed by atoms with Crippen LogP contribution in [0.5, 0.6) is 0 Å². The number of rotatable bonds is 6. The van der Waals surface area contributed by atoms with Gasteiger partial charge < -0.3 is 15.4 Å². The normalized spacial score (nSPS) is 21.7. The second-order valence-corrected chi connectivity index (χ2v) is 5.66. The molecule has 1 aliphatic rings. The molecule has 2 N–H and O–H groups in total. The third-order valence-corrected chi connectivity index (χ3v) is 3.98. The Hall–Kier alpha value is -1.87. The molecule has 1 amide bonds. The topological polar surface area (TPSA) is 66.5 Å². The van der Waals surface area contributed by atoms with Crippen LogP contribution in [-0.2, 0) is 15.7 Å². The number of hydrogen-bond acceptors (Lipinski definition) is 5. The summed E-state index contributed by atoms with van der Waals surface area (Å²) in [5.74, 6) is -0.396. The van der Waals surface area contributed by atoms with Crippen molar-refractivity contribution < 1.29 is 22.7 Å². The van der Waals surface area contributed by atoms with E-state index in [1.165, 1.54) is 12.3 Å². The summed E-state index contributed by atoms with van der Waals surface area (Å²) in [4.78, 5) is 17.7. The smallest absolute Gasteiger partial charge is 0.380 e. The first-order valence-corrected chi connectivity index (χ1v) is 7.59. The van der Waals surface area contributed by atoms with E-state index in [2.05, 4.69) is 15.6 Å². The molecule has 134 valence electrons. The Balaban J connectivity index is 1.81. The molecule has 0 spiro atoms. The quantitative estimate of drug-likeness (QED) is 0.761. The van der Waals surface area contributed by atoms with Gasteiger partial charge in [0.15, 0.2) is 0 Å². The van der Waals surface area contributed by atoms with Gasteiger partial charge in [0, 0.05) is 32.9 Å². The Morgan fingerprint density at radius 3 is 2.83 bits per heavy atom. The number of carbonyl (C=O) groups is 1. The van der Waals surface area contributed by atoms with Gasteiger partial charge in [0.2, 0.25) is 5.91 Å². The van der Waals surface area contributed by atoms with Gasteiger partial charge in [-0.3, -0.25) is 9.69 Å². The average molecular weight is 346 g/mol. The number of pyridine rings is 1. The fourth-order valence-electron chi connectivity index (χ4n) is 2.69. The molecule has 0 bridgehead atoms. The molecule has 1 aromatic heterocycles. The monoisotopic (exact) mass is 346 g/mol. The summed E-state index contributed by atoms with van der Waals surface area (Å²) in [5, 5.41) is 5.33. The van der Waals surface area contributed by atoms with Crippen LogP contribution in [0.1, 0.15) is 12.0 Å². The van der Waals surface area contributed by atoms with E-state index in [0.717, 1.165) is 6.07 Å². The summed E-state index contributed by atoms with van der Waals surface area (Å²) < 4.78 is 43.8. The standard InChI is InChI=1S/C15H21F3N4O2/c1-22-9-10(24-2)8-12(22)14(23)21-7-6-20-13-11(15(16,17)18)4-3-5-19-13/h3-5,10,12H,6-9H2,1-2H3,(H,19,20)(H,21,23)/t10-,12-/m0/s1. The number of anilines is 1. The number of nitrogens with one attached hydrogen (secondary N) is 2. The average Bonchev–Trinajstić information content (AvgIpc) is 2.92. The second-order valence-electron chi connectivity index (χ2n) is 5.66. The first-order valence-electron chi connectivity index (χ1n) is 7.59. The van der Waals surface area contributed by atoms with Crippen molar-refractivity contribution in [2.75, 3.05) is 39.1 Å². The Morgan fingerprint density at radius 1 is 1.46 bits per heavy atom. The van der Waals surface area contributed by atoms with Gasteiger partial charge in [-0.2, -0.15) is 13.2 Å². The van der Waals surface area contributed by atoms with Gasteiger partial charge in [-0.05, 0) is 25.6 Å². The lowest BCUT2D eigenvalue weighted by Gasteiger charge is -2.18. The van der Waals surface area contributed by atoms with E-state index in [0.29, 0.717) is 13.0 Å². The number of carbonyl (C=O) groups excluding carboxylic acids is 1. The molecular weight excluding hydrogens is 325 g/mol. The predicted molar refractivity (Wildman–Crippen MR) is 82.6 cm³/mol. The highest BCUT2D eigenvalue weighted by atomic mass is 19.4. The molecule has 9 heteroatoms. The van der Waals surface area contributed by atoms with Gasteiger partial charge in [0.05, 0.1) is 17.7 Å². The molecule has 6 nitrogen and oxygen atoms in total. The van der Waals surface area contributed by atoms with Gasteiger partial charge in [0.1, 0.15) is 5.82 Å². The van der Waals surface area contributed by atoms with Crippen molar-refractivity contribution in [2.45, 2.75) is 24.7 Å². The molecule has 0 radical (unpaired) electrons. The maximum atomic E-state index is 12.8. The molecule has 2 heterocycles. The van der Waals surface area contributed by atoms with Crippen molar-refractivity contribution in [2.24, 2.45) is 0 Å². The van der Waals surface area contributed by atoms with Crippen molar-refractivity contribution in [3.8, 4) is 0 Å². The van der Waals surface area contributed by atoms with E-state index < -0.39 is 11.7 Å². The lowest BCUT2D eigenvalue weighted by Crippen LogP contribution is -2.42. The van der Waals surface area contributed by atoms with Crippen molar-refractivity contribution in [3.63, 3.8) is 0 Å². The maximum Gasteiger partial charge on any atom is 0.419 e. The summed E-state index contributed by atoms with van der Waals surface area (Å²) >= 11 is 0. The van der Waals surface area contributed by atoms with Crippen LogP contribution in [-0.4, -0.2) is 61.7 Å². The number of ether oxygens (including phenoxy) is 1. The molecule has 1 fully saturated rings. The van der Waals surface area contributed by atoms with Crippen molar-refractivity contribution in [1.29, 1.82) is 0 Å². The number of alkyl halides is 3. The van der Waals surface area contributed by atoms with E-state index >= 15 is 0 Å². The van der Waals surface area contributed by atoms with Crippen LogP contribution in [0.3, 0.4) is 0 Å². The number of likely N-dealkylation sites (tertiary alicyclic amines) is 1. The van der Waals surface area contributed by atoms with Crippen LogP contribution in [0.25, 0.3) is 0 Å². The fourth-order valence-corrected chi connectivity index (χ4v) is 2.69. The minimum Gasteiger partial charge on any atom is -0.380 e. The van der Waals surface area contributed by atoms with Gasteiger partial charge in [-0.15, -0.1) is 0 Å². The highest BCUT2D eigenvalue weighted by Crippen LogP contribution is 2.33. The van der Waals surface area contributed by atoms with Crippen LogP contribution >= 0.6 is 0 Å². The first kappa shape index (κ1) is 18.5. The third-order valence-electron chi connectivity index (χ3n) is 3.98. The van der Waals surface area contributed by atoms with Crippen molar-refractivity contribution in [3.05, 3.63) is 23.9 Å². The zero-order valence-electron chi connectivity index (χ0n) is 13.6. The number of hydrogen-bond donors (Lipinski definition) is 2. The van der Waals surface area contributed by atoms with Crippen LogP contribution < -0.4 is 10.6 Å².